The Morgan fingerprint density at radius 3 is 3.08 bits per heavy atom. The molecule has 1 atom stereocenters. The van der Waals surface area contributed by atoms with Gasteiger partial charge in [0.15, 0.2) is 0 Å². The Morgan fingerprint density at radius 2 is 2.50 bits per heavy atom. The zero-order valence-electron chi connectivity index (χ0n) is 6.37. The minimum Gasteiger partial charge on any atom is -0.386 e. The Morgan fingerprint density at radius 1 is 1.75 bits per heavy atom. The Kier molecular flexibility index (Phi) is 3.27. The summed E-state index contributed by atoms with van der Waals surface area (Å²) >= 11 is 3.28. The maximum Gasteiger partial charge on any atom is 0.108 e. The lowest BCUT2D eigenvalue weighted by molar-refractivity contribution is 0.178. The lowest BCUT2D eigenvalue weighted by atomic mass is 10.2. The molecule has 12 heavy (non-hydrogen) atoms. The summed E-state index contributed by atoms with van der Waals surface area (Å²) in [5.74, 6) is 2.38. The van der Waals surface area contributed by atoms with Crippen LogP contribution >= 0.6 is 15.9 Å². The van der Waals surface area contributed by atoms with Gasteiger partial charge in [-0.15, -0.1) is 12.3 Å². The number of aromatic nitrogens is 1. The van der Waals surface area contributed by atoms with Crippen LogP contribution in [0.2, 0.25) is 0 Å². The predicted octanol–water partition coefficient (Wildman–Crippen LogP) is 1.90. The molecule has 1 N–H and O–H groups in total. The normalized spacial score (nSPS) is 12.1. The lowest BCUT2D eigenvalue weighted by Crippen LogP contribution is -1.99. The van der Waals surface area contributed by atoms with Crippen molar-refractivity contribution < 1.29 is 5.11 Å². The second kappa shape index (κ2) is 4.24. The van der Waals surface area contributed by atoms with E-state index in [9.17, 15) is 5.11 Å². The van der Waals surface area contributed by atoms with Crippen molar-refractivity contribution in [2.45, 2.75) is 12.5 Å². The molecule has 0 amide bonds. The summed E-state index contributed by atoms with van der Waals surface area (Å²) in [5, 5.41) is 9.47. The van der Waals surface area contributed by atoms with Gasteiger partial charge in [0.2, 0.25) is 0 Å². The third-order valence-corrected chi connectivity index (χ3v) is 2.08. The number of aliphatic hydroxyl groups excluding tert-OH is 1. The first-order valence-electron chi connectivity index (χ1n) is 3.47. The van der Waals surface area contributed by atoms with Crippen LogP contribution in [-0.2, 0) is 0 Å². The third-order valence-electron chi connectivity index (χ3n) is 1.41. The van der Waals surface area contributed by atoms with Crippen molar-refractivity contribution in [1.29, 1.82) is 0 Å². The number of aliphatic hydroxyl groups is 1. The van der Waals surface area contributed by atoms with Gasteiger partial charge in [-0.3, -0.25) is 4.98 Å². The molecule has 0 saturated carbocycles. The first-order valence-corrected chi connectivity index (χ1v) is 4.27. The SMILES string of the molecule is C#CCC(O)c1ncccc1Br. The van der Waals surface area contributed by atoms with Crippen molar-refractivity contribution in [2.24, 2.45) is 0 Å². The Balaban J connectivity index is 2.88. The van der Waals surface area contributed by atoms with Crippen LogP contribution in [0.5, 0.6) is 0 Å². The Labute approximate surface area is 79.8 Å². The molecular weight excluding hydrogens is 218 g/mol. The van der Waals surface area contributed by atoms with Crippen LogP contribution in [0.3, 0.4) is 0 Å². The first kappa shape index (κ1) is 9.24. The molecular formula is C9H8BrNO. The van der Waals surface area contributed by atoms with Gasteiger partial charge in [0.05, 0.1) is 5.69 Å². The quantitative estimate of drug-likeness (QED) is 0.781. The van der Waals surface area contributed by atoms with Gasteiger partial charge in [-0.2, -0.15) is 0 Å². The molecule has 0 spiro atoms. The highest BCUT2D eigenvalue weighted by Crippen LogP contribution is 2.22. The standard InChI is InChI=1S/C9H8BrNO/c1-2-4-8(12)9-7(10)5-3-6-11-9/h1,3,5-6,8,12H,4H2. The summed E-state index contributed by atoms with van der Waals surface area (Å²) in [6, 6.07) is 3.61. The van der Waals surface area contributed by atoms with Gasteiger partial charge in [-0.1, -0.05) is 0 Å². The first-order chi connectivity index (χ1) is 5.75. The van der Waals surface area contributed by atoms with Crippen molar-refractivity contribution in [3.63, 3.8) is 0 Å². The highest BCUT2D eigenvalue weighted by molar-refractivity contribution is 9.10. The molecule has 0 aliphatic carbocycles. The summed E-state index contributed by atoms with van der Waals surface area (Å²) < 4.78 is 0.785. The molecule has 62 valence electrons. The topological polar surface area (TPSA) is 33.1 Å². The van der Waals surface area contributed by atoms with E-state index < -0.39 is 6.10 Å². The Hall–Kier alpha value is -0.850. The molecule has 1 rings (SSSR count). The van der Waals surface area contributed by atoms with E-state index in [1.54, 1.807) is 12.3 Å². The summed E-state index contributed by atoms with van der Waals surface area (Å²) in [5.41, 5.74) is 0.593. The summed E-state index contributed by atoms with van der Waals surface area (Å²) in [6.45, 7) is 0. The predicted molar refractivity (Wildman–Crippen MR) is 50.3 cm³/mol. The van der Waals surface area contributed by atoms with Crippen LogP contribution in [0.25, 0.3) is 0 Å². The highest BCUT2D eigenvalue weighted by atomic mass is 79.9. The number of hydrogen-bond donors (Lipinski definition) is 1. The van der Waals surface area contributed by atoms with E-state index in [0.717, 1.165) is 4.47 Å². The fourth-order valence-corrected chi connectivity index (χ4v) is 1.37. The van der Waals surface area contributed by atoms with Crippen molar-refractivity contribution in [3.05, 3.63) is 28.5 Å². The number of terminal acetylenes is 1. The molecule has 1 unspecified atom stereocenters. The van der Waals surface area contributed by atoms with Crippen molar-refractivity contribution >= 4 is 15.9 Å². The summed E-state index contributed by atoms with van der Waals surface area (Å²) in [4.78, 5) is 4.00. The molecule has 0 aromatic carbocycles. The largest absolute Gasteiger partial charge is 0.386 e. The van der Waals surface area contributed by atoms with E-state index in [1.807, 2.05) is 6.07 Å². The van der Waals surface area contributed by atoms with Crippen LogP contribution < -0.4 is 0 Å². The average Bonchev–Trinajstić information content (AvgIpc) is 2.05. The van der Waals surface area contributed by atoms with Gasteiger partial charge in [-0.25, -0.2) is 0 Å². The van der Waals surface area contributed by atoms with E-state index in [-0.39, 0.29) is 6.42 Å². The van der Waals surface area contributed by atoms with Crippen LogP contribution in [0, 0.1) is 12.3 Å². The van der Waals surface area contributed by atoms with E-state index in [0.29, 0.717) is 5.69 Å². The molecule has 2 nitrogen and oxygen atoms in total. The van der Waals surface area contributed by atoms with E-state index >= 15 is 0 Å². The minimum absolute atomic E-state index is 0.287. The molecule has 1 aromatic rings. The minimum atomic E-state index is -0.675. The fourth-order valence-electron chi connectivity index (χ4n) is 0.851. The lowest BCUT2D eigenvalue weighted by Gasteiger charge is -2.07. The zero-order chi connectivity index (χ0) is 8.97. The van der Waals surface area contributed by atoms with Gasteiger partial charge in [0.25, 0.3) is 0 Å². The molecule has 0 bridgehead atoms. The number of hydrogen-bond acceptors (Lipinski definition) is 2. The molecule has 1 heterocycles. The van der Waals surface area contributed by atoms with Crippen molar-refractivity contribution in [3.8, 4) is 12.3 Å². The van der Waals surface area contributed by atoms with Gasteiger partial charge >= 0.3 is 0 Å². The average molecular weight is 226 g/mol. The number of halogens is 1. The fraction of sp³-hybridized carbons (Fsp3) is 0.222. The van der Waals surface area contributed by atoms with E-state index in [1.165, 1.54) is 0 Å². The van der Waals surface area contributed by atoms with Crippen LogP contribution in [0.15, 0.2) is 22.8 Å². The zero-order valence-corrected chi connectivity index (χ0v) is 7.95. The van der Waals surface area contributed by atoms with Gasteiger partial charge in [0.1, 0.15) is 6.10 Å². The maximum atomic E-state index is 9.47. The number of nitrogens with zero attached hydrogens (tertiary/aromatic N) is 1. The molecule has 1 aromatic heterocycles. The monoisotopic (exact) mass is 225 g/mol. The molecule has 0 fully saturated rings. The Bertz CT molecular complexity index is 306. The third kappa shape index (κ3) is 2.07. The summed E-state index contributed by atoms with van der Waals surface area (Å²) in [7, 11) is 0. The van der Waals surface area contributed by atoms with Crippen LogP contribution in [0.1, 0.15) is 18.2 Å². The number of pyridine rings is 1. The van der Waals surface area contributed by atoms with Crippen LogP contribution in [0.4, 0.5) is 0 Å². The van der Waals surface area contributed by atoms with Gasteiger partial charge in [0, 0.05) is 17.1 Å². The van der Waals surface area contributed by atoms with Crippen LogP contribution in [-0.4, -0.2) is 10.1 Å². The highest BCUT2D eigenvalue weighted by Gasteiger charge is 2.09. The molecule has 0 radical (unpaired) electrons. The van der Waals surface area contributed by atoms with Crippen molar-refractivity contribution in [2.75, 3.05) is 0 Å². The maximum absolute atomic E-state index is 9.47. The smallest absolute Gasteiger partial charge is 0.108 e. The van der Waals surface area contributed by atoms with E-state index in [4.69, 9.17) is 6.42 Å². The second-order valence-corrected chi connectivity index (χ2v) is 3.15. The van der Waals surface area contributed by atoms with Gasteiger partial charge in [-0.05, 0) is 28.1 Å². The molecule has 3 heteroatoms. The van der Waals surface area contributed by atoms with E-state index in [2.05, 4.69) is 26.8 Å². The molecule has 0 aliphatic heterocycles. The molecule has 0 saturated heterocycles. The van der Waals surface area contributed by atoms with Crippen molar-refractivity contribution in [1.82, 2.24) is 4.98 Å². The molecule has 0 aliphatic rings. The number of rotatable bonds is 2. The summed E-state index contributed by atoms with van der Waals surface area (Å²) in [6.07, 6.45) is 6.30. The second-order valence-electron chi connectivity index (χ2n) is 2.29. The van der Waals surface area contributed by atoms with Gasteiger partial charge < -0.3 is 5.11 Å².